The summed E-state index contributed by atoms with van der Waals surface area (Å²) in [5.74, 6) is -0.456. The molecule has 1 atom stereocenters. The lowest BCUT2D eigenvalue weighted by molar-refractivity contribution is -0.113. The minimum absolute atomic E-state index is 0.0681. The van der Waals surface area contributed by atoms with E-state index in [0.717, 1.165) is 11.3 Å². The zero-order chi connectivity index (χ0) is 19.2. The number of ether oxygens (including phenoxy) is 2. The molecule has 0 saturated carbocycles. The summed E-state index contributed by atoms with van der Waals surface area (Å²) < 4.78 is 10.1. The van der Waals surface area contributed by atoms with Gasteiger partial charge in [-0.25, -0.2) is 4.99 Å². The fraction of sp³-hybridized carbons (Fsp3) is 0.250. The molecule has 1 aromatic carbocycles. The Bertz CT molecular complexity index is 836. The predicted molar refractivity (Wildman–Crippen MR) is 107 cm³/mol. The first-order valence-corrected chi connectivity index (χ1v) is 9.28. The van der Waals surface area contributed by atoms with Gasteiger partial charge >= 0.3 is 0 Å². The van der Waals surface area contributed by atoms with E-state index in [1.165, 1.54) is 26.0 Å². The van der Waals surface area contributed by atoms with E-state index in [0.29, 0.717) is 10.5 Å². The van der Waals surface area contributed by atoms with Gasteiger partial charge in [0.15, 0.2) is 6.29 Å². The lowest BCUT2D eigenvalue weighted by Gasteiger charge is -2.20. The van der Waals surface area contributed by atoms with Crippen LogP contribution in [0.2, 0.25) is 0 Å². The highest BCUT2D eigenvalue weighted by molar-refractivity contribution is 8.05. The number of nitrogens with one attached hydrogen (secondary N) is 1. The number of methoxy groups -OCH3 is 2. The molecule has 0 bridgehead atoms. The molecule has 7 heteroatoms. The van der Waals surface area contributed by atoms with Crippen molar-refractivity contribution in [2.75, 3.05) is 20.8 Å². The zero-order valence-corrected chi connectivity index (χ0v) is 15.9. The molecule has 1 aromatic rings. The van der Waals surface area contributed by atoms with Crippen molar-refractivity contribution in [1.82, 2.24) is 5.32 Å². The van der Waals surface area contributed by atoms with Crippen molar-refractivity contribution in [1.29, 1.82) is 0 Å². The highest BCUT2D eigenvalue weighted by atomic mass is 32.2. The zero-order valence-electron chi connectivity index (χ0n) is 15.0. The van der Waals surface area contributed by atoms with Crippen LogP contribution in [0.5, 0.6) is 0 Å². The first kappa shape index (κ1) is 19.3. The summed E-state index contributed by atoms with van der Waals surface area (Å²) in [5.41, 5.74) is 2.14. The molecule has 1 N–H and O–H groups in total. The number of benzene rings is 1. The maximum atomic E-state index is 12.2. The van der Waals surface area contributed by atoms with Crippen molar-refractivity contribution in [3.63, 3.8) is 0 Å². The summed E-state index contributed by atoms with van der Waals surface area (Å²) in [5, 5.41) is 2.81. The second kappa shape index (κ2) is 8.94. The van der Waals surface area contributed by atoms with Crippen molar-refractivity contribution in [3.05, 3.63) is 64.6 Å². The smallest absolute Gasteiger partial charge is 0.283 e. The normalized spacial score (nSPS) is 20.0. The van der Waals surface area contributed by atoms with Crippen LogP contribution in [-0.4, -0.2) is 49.8 Å². The Morgan fingerprint density at radius 3 is 2.70 bits per heavy atom. The summed E-state index contributed by atoms with van der Waals surface area (Å²) in [6, 6.07) is 7.03. The van der Waals surface area contributed by atoms with Crippen molar-refractivity contribution in [3.8, 4) is 0 Å². The summed E-state index contributed by atoms with van der Waals surface area (Å²) in [6.45, 7) is 0.256. The quantitative estimate of drug-likeness (QED) is 0.603. The van der Waals surface area contributed by atoms with Gasteiger partial charge in [-0.2, -0.15) is 0 Å². The number of nitrogens with zero attached hydrogens (tertiary/aromatic N) is 1. The number of aliphatic imine (C=N–C) groups is 1. The molecule has 3 rings (SSSR count). The SMILES string of the molecule is COC(CNC(=O)c1ccc(/C=C2/SC3C=CC=CC3=NC2=O)cc1)OC. The van der Waals surface area contributed by atoms with E-state index in [2.05, 4.69) is 10.3 Å². The Balaban J connectivity index is 1.67. The molecule has 2 aliphatic rings. The average Bonchev–Trinajstić information content (AvgIpc) is 2.69. The van der Waals surface area contributed by atoms with Gasteiger partial charge in [-0.15, -0.1) is 11.8 Å². The molecule has 2 amide bonds. The minimum atomic E-state index is -0.485. The Labute approximate surface area is 162 Å². The third-order valence-corrected chi connectivity index (χ3v) is 5.28. The van der Waals surface area contributed by atoms with Crippen LogP contribution in [0.15, 0.2) is 58.5 Å². The second-order valence-electron chi connectivity index (χ2n) is 5.87. The molecule has 1 unspecified atom stereocenters. The maximum Gasteiger partial charge on any atom is 0.283 e. The van der Waals surface area contributed by atoms with Crippen molar-refractivity contribution < 1.29 is 19.1 Å². The third kappa shape index (κ3) is 4.82. The molecule has 140 valence electrons. The van der Waals surface area contributed by atoms with Gasteiger partial charge in [-0.1, -0.05) is 30.4 Å². The molecule has 1 aliphatic carbocycles. The van der Waals surface area contributed by atoms with Gasteiger partial charge in [0.25, 0.3) is 11.8 Å². The molecule has 0 spiro atoms. The minimum Gasteiger partial charge on any atom is -0.354 e. The first-order valence-electron chi connectivity index (χ1n) is 8.40. The summed E-state index contributed by atoms with van der Waals surface area (Å²) in [7, 11) is 3.03. The van der Waals surface area contributed by atoms with Crippen LogP contribution >= 0.6 is 11.8 Å². The lowest BCUT2D eigenvalue weighted by Crippen LogP contribution is -2.34. The fourth-order valence-electron chi connectivity index (χ4n) is 2.59. The van der Waals surface area contributed by atoms with Crippen LogP contribution in [0.3, 0.4) is 0 Å². The second-order valence-corrected chi connectivity index (χ2v) is 7.05. The van der Waals surface area contributed by atoms with E-state index < -0.39 is 6.29 Å². The standard InChI is InChI=1S/C20H20N2O4S/c1-25-18(26-2)12-21-19(23)14-9-7-13(8-10-14)11-17-20(24)22-15-5-3-4-6-16(15)27-17/h3-11,16,18H,12H2,1-2H3,(H,21,23)/b17-11+. The molecule has 0 saturated heterocycles. The molecular weight excluding hydrogens is 364 g/mol. The Morgan fingerprint density at radius 1 is 1.26 bits per heavy atom. The van der Waals surface area contributed by atoms with E-state index in [4.69, 9.17) is 9.47 Å². The average molecular weight is 384 g/mol. The topological polar surface area (TPSA) is 77.0 Å². The summed E-state index contributed by atoms with van der Waals surface area (Å²) in [6.07, 6.45) is 9.02. The lowest BCUT2D eigenvalue weighted by atomic mass is 10.1. The van der Waals surface area contributed by atoms with Gasteiger partial charge < -0.3 is 14.8 Å². The Kier molecular flexibility index (Phi) is 6.39. The van der Waals surface area contributed by atoms with Gasteiger partial charge in [0.1, 0.15) is 0 Å². The largest absolute Gasteiger partial charge is 0.354 e. The van der Waals surface area contributed by atoms with Gasteiger partial charge in [-0.05, 0) is 29.8 Å². The maximum absolute atomic E-state index is 12.2. The van der Waals surface area contributed by atoms with Crippen LogP contribution in [0.1, 0.15) is 15.9 Å². The summed E-state index contributed by atoms with van der Waals surface area (Å²) in [4.78, 5) is 29.1. The van der Waals surface area contributed by atoms with Crippen LogP contribution in [0.4, 0.5) is 0 Å². The Morgan fingerprint density at radius 2 is 2.00 bits per heavy atom. The first-order chi connectivity index (χ1) is 13.1. The Hall–Kier alpha value is -2.48. The fourth-order valence-corrected chi connectivity index (χ4v) is 3.64. The van der Waals surface area contributed by atoms with E-state index in [1.54, 1.807) is 30.3 Å². The van der Waals surface area contributed by atoms with E-state index in [1.807, 2.05) is 24.3 Å². The third-order valence-electron chi connectivity index (χ3n) is 4.08. The van der Waals surface area contributed by atoms with Crippen LogP contribution in [0, 0.1) is 0 Å². The molecule has 0 aromatic heterocycles. The number of allylic oxidation sites excluding steroid dienone is 3. The summed E-state index contributed by atoms with van der Waals surface area (Å²) >= 11 is 1.48. The number of thioether (sulfide) groups is 1. The van der Waals surface area contributed by atoms with E-state index >= 15 is 0 Å². The van der Waals surface area contributed by atoms with Crippen LogP contribution in [0.25, 0.3) is 6.08 Å². The molecule has 0 fully saturated rings. The number of carbonyl (C=O) groups excluding carboxylic acids is 2. The predicted octanol–water partition coefficient (Wildman–Crippen LogP) is 2.59. The number of carbonyl (C=O) groups is 2. The molecule has 1 aliphatic heterocycles. The van der Waals surface area contributed by atoms with Gasteiger partial charge in [0.05, 0.1) is 22.4 Å². The van der Waals surface area contributed by atoms with E-state index in [9.17, 15) is 9.59 Å². The molecule has 6 nitrogen and oxygen atoms in total. The van der Waals surface area contributed by atoms with E-state index in [-0.39, 0.29) is 23.6 Å². The number of hydrogen-bond acceptors (Lipinski definition) is 5. The van der Waals surface area contributed by atoms with Crippen LogP contribution < -0.4 is 5.32 Å². The highest BCUT2D eigenvalue weighted by Gasteiger charge is 2.25. The van der Waals surface area contributed by atoms with Gasteiger partial charge in [-0.3, -0.25) is 9.59 Å². The number of rotatable bonds is 6. The number of fused-ring (bicyclic) bond motifs is 1. The monoisotopic (exact) mass is 384 g/mol. The molecule has 0 radical (unpaired) electrons. The molecule has 27 heavy (non-hydrogen) atoms. The number of hydrogen-bond donors (Lipinski definition) is 1. The molecule has 1 heterocycles. The highest BCUT2D eigenvalue weighted by Crippen LogP contribution is 2.32. The van der Waals surface area contributed by atoms with Gasteiger partial charge in [0.2, 0.25) is 0 Å². The number of amides is 2. The molecular formula is C20H20N2O4S. The van der Waals surface area contributed by atoms with Crippen molar-refractivity contribution in [2.24, 2.45) is 4.99 Å². The van der Waals surface area contributed by atoms with Crippen LogP contribution in [-0.2, 0) is 14.3 Å². The van der Waals surface area contributed by atoms with Crippen molar-refractivity contribution in [2.45, 2.75) is 11.5 Å². The van der Waals surface area contributed by atoms with Crippen molar-refractivity contribution >= 4 is 35.4 Å². The van der Waals surface area contributed by atoms with Gasteiger partial charge in [0, 0.05) is 19.8 Å².